The molecule has 0 fully saturated rings. The SMILES string of the molecule is Oc1ccc(NCc2ccc3c(c2)OCCCO3)cc1Cl. The Labute approximate surface area is 128 Å². The van der Waals surface area contributed by atoms with E-state index in [1.54, 1.807) is 18.2 Å². The maximum atomic E-state index is 9.40. The van der Waals surface area contributed by atoms with E-state index < -0.39 is 0 Å². The van der Waals surface area contributed by atoms with Crippen LogP contribution in [-0.4, -0.2) is 18.3 Å². The number of hydrogen-bond acceptors (Lipinski definition) is 4. The number of nitrogens with one attached hydrogen (secondary N) is 1. The van der Waals surface area contributed by atoms with Crippen LogP contribution in [0, 0.1) is 0 Å². The zero-order valence-corrected chi connectivity index (χ0v) is 12.2. The Balaban J connectivity index is 1.70. The summed E-state index contributed by atoms with van der Waals surface area (Å²) in [6, 6.07) is 11.0. The molecule has 0 amide bonds. The van der Waals surface area contributed by atoms with Crippen molar-refractivity contribution in [3.05, 3.63) is 47.0 Å². The third-order valence-corrected chi connectivity index (χ3v) is 3.56. The van der Waals surface area contributed by atoms with Crippen LogP contribution < -0.4 is 14.8 Å². The molecule has 0 spiro atoms. The number of ether oxygens (including phenoxy) is 2. The molecule has 0 radical (unpaired) electrons. The van der Waals surface area contributed by atoms with Crippen LogP contribution in [0.5, 0.6) is 17.2 Å². The van der Waals surface area contributed by atoms with E-state index in [0.29, 0.717) is 24.8 Å². The van der Waals surface area contributed by atoms with Gasteiger partial charge in [0, 0.05) is 18.7 Å². The first kappa shape index (κ1) is 13.9. The molecule has 0 atom stereocenters. The molecule has 110 valence electrons. The van der Waals surface area contributed by atoms with Crippen molar-refractivity contribution >= 4 is 17.3 Å². The summed E-state index contributed by atoms with van der Waals surface area (Å²) in [7, 11) is 0. The van der Waals surface area contributed by atoms with Crippen LogP contribution in [0.4, 0.5) is 5.69 Å². The predicted molar refractivity (Wildman–Crippen MR) is 82.5 cm³/mol. The molecule has 2 N–H and O–H groups in total. The summed E-state index contributed by atoms with van der Waals surface area (Å²) in [4.78, 5) is 0. The molecule has 0 saturated carbocycles. The van der Waals surface area contributed by atoms with Crippen molar-refractivity contribution in [3.8, 4) is 17.2 Å². The first-order chi connectivity index (χ1) is 10.2. The highest BCUT2D eigenvalue weighted by atomic mass is 35.5. The van der Waals surface area contributed by atoms with Crippen molar-refractivity contribution in [3.63, 3.8) is 0 Å². The first-order valence-corrected chi connectivity index (χ1v) is 7.21. The van der Waals surface area contributed by atoms with Crippen LogP contribution in [0.1, 0.15) is 12.0 Å². The Morgan fingerprint density at radius 1 is 1.05 bits per heavy atom. The largest absolute Gasteiger partial charge is 0.506 e. The van der Waals surface area contributed by atoms with Crippen molar-refractivity contribution < 1.29 is 14.6 Å². The van der Waals surface area contributed by atoms with E-state index in [4.69, 9.17) is 21.1 Å². The molecule has 0 unspecified atom stereocenters. The Kier molecular flexibility index (Phi) is 4.06. The fourth-order valence-corrected chi connectivity index (χ4v) is 2.32. The van der Waals surface area contributed by atoms with Crippen LogP contribution in [0.3, 0.4) is 0 Å². The molecule has 2 aromatic carbocycles. The second-order valence-corrected chi connectivity index (χ2v) is 5.26. The average molecular weight is 306 g/mol. The normalized spacial score (nSPS) is 13.6. The summed E-state index contributed by atoms with van der Waals surface area (Å²) in [5.74, 6) is 1.66. The molecule has 0 aliphatic carbocycles. The number of anilines is 1. The van der Waals surface area contributed by atoms with Gasteiger partial charge in [0.25, 0.3) is 0 Å². The van der Waals surface area contributed by atoms with E-state index in [9.17, 15) is 5.11 Å². The molecular formula is C16H16ClNO3. The van der Waals surface area contributed by atoms with Gasteiger partial charge in [-0.2, -0.15) is 0 Å². The maximum absolute atomic E-state index is 9.40. The zero-order valence-electron chi connectivity index (χ0n) is 11.4. The summed E-state index contributed by atoms with van der Waals surface area (Å²) in [6.45, 7) is 2.01. The van der Waals surface area contributed by atoms with Crippen LogP contribution in [0.25, 0.3) is 0 Å². The van der Waals surface area contributed by atoms with Crippen LogP contribution in [0.2, 0.25) is 5.02 Å². The van der Waals surface area contributed by atoms with E-state index in [1.165, 1.54) is 0 Å². The average Bonchev–Trinajstić information content (AvgIpc) is 2.73. The van der Waals surface area contributed by atoms with Gasteiger partial charge < -0.3 is 19.9 Å². The smallest absolute Gasteiger partial charge is 0.161 e. The standard InChI is InChI=1S/C16H16ClNO3/c17-13-9-12(3-4-14(13)19)18-10-11-2-5-15-16(8-11)21-7-1-6-20-15/h2-5,8-9,18-19H,1,6-7,10H2. The number of halogens is 1. The summed E-state index contributed by atoms with van der Waals surface area (Å²) >= 11 is 5.88. The van der Waals surface area contributed by atoms with Crippen molar-refractivity contribution in [1.29, 1.82) is 0 Å². The molecule has 1 aliphatic rings. The van der Waals surface area contributed by atoms with Crippen molar-refractivity contribution in [1.82, 2.24) is 0 Å². The van der Waals surface area contributed by atoms with Gasteiger partial charge in [0.1, 0.15) is 5.75 Å². The fraction of sp³-hybridized carbons (Fsp3) is 0.250. The molecule has 0 saturated heterocycles. The van der Waals surface area contributed by atoms with E-state index in [-0.39, 0.29) is 5.75 Å². The first-order valence-electron chi connectivity index (χ1n) is 6.83. The highest BCUT2D eigenvalue weighted by Crippen LogP contribution is 2.31. The summed E-state index contributed by atoms with van der Waals surface area (Å²) in [5, 5.41) is 13.0. The zero-order chi connectivity index (χ0) is 14.7. The molecule has 21 heavy (non-hydrogen) atoms. The lowest BCUT2D eigenvalue weighted by Gasteiger charge is -2.11. The third kappa shape index (κ3) is 3.34. The van der Waals surface area contributed by atoms with Gasteiger partial charge in [-0.05, 0) is 35.9 Å². The number of phenols is 1. The van der Waals surface area contributed by atoms with Crippen LogP contribution in [-0.2, 0) is 6.54 Å². The Morgan fingerprint density at radius 2 is 1.86 bits per heavy atom. The minimum atomic E-state index is 0.0813. The fourth-order valence-electron chi connectivity index (χ4n) is 2.14. The maximum Gasteiger partial charge on any atom is 0.161 e. The summed E-state index contributed by atoms with van der Waals surface area (Å²) in [5.41, 5.74) is 1.94. The highest BCUT2D eigenvalue weighted by molar-refractivity contribution is 6.32. The second-order valence-electron chi connectivity index (χ2n) is 4.85. The van der Waals surface area contributed by atoms with Crippen molar-refractivity contribution in [2.24, 2.45) is 0 Å². The van der Waals surface area contributed by atoms with E-state index in [2.05, 4.69) is 5.32 Å². The lowest BCUT2D eigenvalue weighted by Crippen LogP contribution is -2.00. The number of hydrogen-bond donors (Lipinski definition) is 2. The number of phenolic OH excluding ortho intramolecular Hbond substituents is 1. The van der Waals surface area contributed by atoms with Gasteiger partial charge in [0.15, 0.2) is 11.5 Å². The van der Waals surface area contributed by atoms with Gasteiger partial charge in [-0.3, -0.25) is 0 Å². The topological polar surface area (TPSA) is 50.7 Å². The van der Waals surface area contributed by atoms with Crippen LogP contribution in [0.15, 0.2) is 36.4 Å². The molecule has 0 bridgehead atoms. The number of benzene rings is 2. The Hall–Kier alpha value is -2.07. The van der Waals surface area contributed by atoms with Gasteiger partial charge in [0.05, 0.1) is 18.2 Å². The Morgan fingerprint density at radius 3 is 2.67 bits per heavy atom. The van der Waals surface area contributed by atoms with Gasteiger partial charge in [0.2, 0.25) is 0 Å². The molecule has 1 heterocycles. The lowest BCUT2D eigenvalue weighted by atomic mass is 10.2. The number of fused-ring (bicyclic) bond motifs is 1. The monoisotopic (exact) mass is 305 g/mol. The predicted octanol–water partition coefficient (Wildman–Crippen LogP) is 3.82. The minimum absolute atomic E-state index is 0.0813. The highest BCUT2D eigenvalue weighted by Gasteiger charge is 2.10. The van der Waals surface area contributed by atoms with Gasteiger partial charge >= 0.3 is 0 Å². The van der Waals surface area contributed by atoms with Gasteiger partial charge in [-0.15, -0.1) is 0 Å². The lowest BCUT2D eigenvalue weighted by molar-refractivity contribution is 0.297. The van der Waals surface area contributed by atoms with Crippen molar-refractivity contribution in [2.45, 2.75) is 13.0 Å². The molecule has 4 nitrogen and oxygen atoms in total. The van der Waals surface area contributed by atoms with Gasteiger partial charge in [-0.1, -0.05) is 17.7 Å². The number of aromatic hydroxyl groups is 1. The van der Waals surface area contributed by atoms with Crippen LogP contribution >= 0.6 is 11.6 Å². The Bertz CT molecular complexity index is 645. The molecule has 2 aromatic rings. The molecule has 1 aliphatic heterocycles. The molecule has 3 rings (SSSR count). The van der Waals surface area contributed by atoms with E-state index >= 15 is 0 Å². The summed E-state index contributed by atoms with van der Waals surface area (Å²) in [6.07, 6.45) is 0.897. The molecule has 0 aromatic heterocycles. The molecular weight excluding hydrogens is 290 g/mol. The quantitative estimate of drug-likeness (QED) is 0.847. The van der Waals surface area contributed by atoms with E-state index in [1.807, 2.05) is 18.2 Å². The van der Waals surface area contributed by atoms with Crippen molar-refractivity contribution in [2.75, 3.05) is 18.5 Å². The number of rotatable bonds is 3. The second kappa shape index (κ2) is 6.14. The minimum Gasteiger partial charge on any atom is -0.506 e. The van der Waals surface area contributed by atoms with E-state index in [0.717, 1.165) is 29.2 Å². The third-order valence-electron chi connectivity index (χ3n) is 3.26. The molecule has 5 heteroatoms. The summed E-state index contributed by atoms with van der Waals surface area (Å²) < 4.78 is 11.3. The van der Waals surface area contributed by atoms with Gasteiger partial charge in [-0.25, -0.2) is 0 Å².